The van der Waals surface area contributed by atoms with Crippen LogP contribution in [0.1, 0.15) is 58.4 Å². The van der Waals surface area contributed by atoms with Crippen molar-refractivity contribution < 1.29 is 33.3 Å². The Labute approximate surface area is 274 Å². The fourth-order valence-electron chi connectivity index (χ4n) is 5.73. The second-order valence-electron chi connectivity index (χ2n) is 11.3. The summed E-state index contributed by atoms with van der Waals surface area (Å²) >= 11 is 3.47. The highest BCUT2D eigenvalue weighted by Gasteiger charge is 2.24. The highest BCUT2D eigenvalue weighted by molar-refractivity contribution is 9.10. The van der Waals surface area contributed by atoms with Crippen molar-refractivity contribution in [3.05, 3.63) is 45.4 Å². The normalized spacial score (nSPS) is 21.6. The van der Waals surface area contributed by atoms with E-state index in [-0.39, 0.29) is 12.0 Å². The van der Waals surface area contributed by atoms with Gasteiger partial charge in [-0.2, -0.15) is 5.26 Å². The number of hydrogen-bond acceptors (Lipinski definition) is 10. The predicted molar refractivity (Wildman–Crippen MR) is 173 cm³/mol. The Morgan fingerprint density at radius 3 is 2.16 bits per heavy atom. The summed E-state index contributed by atoms with van der Waals surface area (Å²) in [6, 6.07) is 8.62. The molecule has 2 aromatic carbocycles. The summed E-state index contributed by atoms with van der Waals surface area (Å²) in [5.41, 5.74) is 1.05. The highest BCUT2D eigenvalue weighted by Crippen LogP contribution is 2.38. The van der Waals surface area contributed by atoms with E-state index >= 15 is 0 Å². The molecule has 0 aliphatic carbocycles. The first kappa shape index (κ1) is 34.3. The van der Waals surface area contributed by atoms with Crippen LogP contribution in [0.3, 0.4) is 0 Å². The maximum absolute atomic E-state index is 13.4. The van der Waals surface area contributed by atoms with Crippen molar-refractivity contribution in [3.8, 4) is 29.1 Å². The van der Waals surface area contributed by atoms with Gasteiger partial charge in [-0.3, -0.25) is 4.79 Å². The number of fused-ring (bicyclic) bond motifs is 5. The maximum atomic E-state index is 13.4. The number of carbonyl (C=O) groups excluding carboxylic acids is 2. The van der Waals surface area contributed by atoms with Gasteiger partial charge in [-0.1, -0.05) is 0 Å². The second kappa shape index (κ2) is 16.7. The maximum Gasteiger partial charge on any atom is 0.338 e. The lowest BCUT2D eigenvalue weighted by atomic mass is 10.1. The minimum absolute atomic E-state index is 0.150. The van der Waals surface area contributed by atoms with E-state index in [4.69, 9.17) is 23.7 Å². The van der Waals surface area contributed by atoms with E-state index in [9.17, 15) is 14.9 Å². The largest absolute Gasteiger partial charge is 0.493 e. The Morgan fingerprint density at radius 1 is 0.889 bits per heavy atom. The molecular weight excluding hydrogens is 644 g/mol. The molecule has 244 valence electrons. The van der Waals surface area contributed by atoms with Crippen molar-refractivity contribution in [2.75, 3.05) is 80.8 Å². The van der Waals surface area contributed by atoms with Crippen molar-refractivity contribution in [3.63, 3.8) is 0 Å². The SMILES string of the molecule is COc1cc(C(=O)OC2CCCOc3cc(cc(C#N)c3Br)C(=O)N(C)CCCN3CCCN(CC2)CC3)cc(OC)c1OC. The van der Waals surface area contributed by atoms with E-state index in [2.05, 4.69) is 31.8 Å². The summed E-state index contributed by atoms with van der Waals surface area (Å²) in [5, 5.41) is 9.71. The van der Waals surface area contributed by atoms with E-state index in [1.165, 1.54) is 21.3 Å². The standard InChI is InChI=1S/C33H43BrN4O7/c1-36-10-6-11-37-12-7-13-38(16-15-37)14-9-26(45-33(40)24-20-28(41-2)31(43-4)29(21-24)42-3)8-5-17-44-27-19-23(32(36)39)18-25(22-35)30(27)34/h18-21,26H,5-17H2,1-4H3. The lowest BCUT2D eigenvalue weighted by molar-refractivity contribution is 0.0221. The lowest BCUT2D eigenvalue weighted by Crippen LogP contribution is -2.35. The number of esters is 1. The molecule has 0 aromatic heterocycles. The molecule has 4 rings (SSSR count). The molecule has 0 N–H and O–H groups in total. The lowest BCUT2D eigenvalue weighted by Gasteiger charge is -2.25. The molecular formula is C33H43BrN4O7. The van der Waals surface area contributed by atoms with Gasteiger partial charge in [0.15, 0.2) is 11.5 Å². The number of hydrogen-bond donors (Lipinski definition) is 0. The Morgan fingerprint density at radius 2 is 1.53 bits per heavy atom. The summed E-state index contributed by atoms with van der Waals surface area (Å²) < 4.78 is 28.9. The Balaban J connectivity index is 1.55. The van der Waals surface area contributed by atoms with Gasteiger partial charge in [0.05, 0.1) is 43.5 Å². The second-order valence-corrected chi connectivity index (χ2v) is 12.1. The molecule has 4 bridgehead atoms. The van der Waals surface area contributed by atoms with Crippen molar-refractivity contribution >= 4 is 27.8 Å². The third kappa shape index (κ3) is 9.02. The first-order valence-corrected chi connectivity index (χ1v) is 16.1. The van der Waals surface area contributed by atoms with Crippen LogP contribution in [0.25, 0.3) is 0 Å². The summed E-state index contributed by atoms with van der Waals surface area (Å²) in [5.74, 6) is 0.961. The minimum Gasteiger partial charge on any atom is -0.493 e. The van der Waals surface area contributed by atoms with Gasteiger partial charge in [0.2, 0.25) is 5.75 Å². The van der Waals surface area contributed by atoms with Gasteiger partial charge in [-0.05, 0) is 91.9 Å². The third-order valence-corrected chi connectivity index (χ3v) is 9.09. The molecule has 3 atom stereocenters. The zero-order chi connectivity index (χ0) is 32.3. The minimum atomic E-state index is -0.475. The van der Waals surface area contributed by atoms with Crippen LogP contribution < -0.4 is 18.9 Å². The smallest absolute Gasteiger partial charge is 0.338 e. The molecule has 1 saturated heterocycles. The number of benzene rings is 2. The summed E-state index contributed by atoms with van der Waals surface area (Å²) in [6.45, 7) is 6.50. The molecule has 1 amide bonds. The quantitative estimate of drug-likeness (QED) is 0.414. The van der Waals surface area contributed by atoms with Crippen LogP contribution in [0.15, 0.2) is 28.7 Å². The predicted octanol–water partition coefficient (Wildman–Crippen LogP) is 4.60. The van der Waals surface area contributed by atoms with Crippen LogP contribution in [0.4, 0.5) is 0 Å². The van der Waals surface area contributed by atoms with Crippen LogP contribution in [-0.2, 0) is 4.74 Å². The molecule has 2 aliphatic rings. The van der Waals surface area contributed by atoms with E-state index in [1.807, 2.05) is 0 Å². The molecule has 2 aromatic rings. The number of nitrogens with zero attached hydrogens (tertiary/aromatic N) is 4. The van der Waals surface area contributed by atoms with Crippen LogP contribution >= 0.6 is 15.9 Å². The Kier molecular flexibility index (Phi) is 12.7. The zero-order valence-electron chi connectivity index (χ0n) is 26.6. The molecule has 0 saturated carbocycles. The average molecular weight is 688 g/mol. The van der Waals surface area contributed by atoms with Crippen molar-refractivity contribution in [1.29, 1.82) is 5.26 Å². The Hall–Kier alpha value is -3.53. The Bertz CT molecular complexity index is 1360. The van der Waals surface area contributed by atoms with Gasteiger partial charge in [0.1, 0.15) is 17.9 Å². The van der Waals surface area contributed by atoms with Gasteiger partial charge in [-0.25, -0.2) is 4.79 Å². The topological polar surface area (TPSA) is 114 Å². The van der Waals surface area contributed by atoms with E-state index in [1.54, 1.807) is 36.2 Å². The van der Waals surface area contributed by atoms with Crippen LogP contribution in [0.5, 0.6) is 23.0 Å². The molecule has 3 unspecified atom stereocenters. The number of nitriles is 1. The molecule has 2 aliphatic heterocycles. The van der Waals surface area contributed by atoms with Gasteiger partial charge in [0.25, 0.3) is 5.91 Å². The fourth-order valence-corrected chi connectivity index (χ4v) is 6.16. The van der Waals surface area contributed by atoms with E-state index in [0.29, 0.717) is 76.6 Å². The van der Waals surface area contributed by atoms with Crippen LogP contribution in [-0.4, -0.2) is 113 Å². The first-order chi connectivity index (χ1) is 21.8. The van der Waals surface area contributed by atoms with Gasteiger partial charge in [-0.15, -0.1) is 0 Å². The van der Waals surface area contributed by atoms with Gasteiger partial charge >= 0.3 is 5.97 Å². The van der Waals surface area contributed by atoms with Crippen LogP contribution in [0.2, 0.25) is 0 Å². The number of methoxy groups -OCH3 is 3. The molecule has 11 nitrogen and oxygen atoms in total. The zero-order valence-corrected chi connectivity index (χ0v) is 28.2. The molecule has 45 heavy (non-hydrogen) atoms. The number of ether oxygens (including phenoxy) is 5. The van der Waals surface area contributed by atoms with Crippen molar-refractivity contribution in [2.45, 2.75) is 38.2 Å². The third-order valence-electron chi connectivity index (χ3n) is 8.27. The summed E-state index contributed by atoms with van der Waals surface area (Å²) in [7, 11) is 6.31. The number of rotatable bonds is 5. The molecule has 0 spiro atoms. The molecule has 12 heteroatoms. The van der Waals surface area contributed by atoms with Crippen LogP contribution in [0, 0.1) is 11.3 Å². The summed E-state index contributed by atoms with van der Waals surface area (Å²) in [4.78, 5) is 33.3. The van der Waals surface area contributed by atoms with Crippen molar-refractivity contribution in [2.24, 2.45) is 0 Å². The number of amides is 1. The highest BCUT2D eigenvalue weighted by atomic mass is 79.9. The molecule has 2 heterocycles. The van der Waals surface area contributed by atoms with Gasteiger partial charge in [0, 0.05) is 38.8 Å². The van der Waals surface area contributed by atoms with E-state index < -0.39 is 5.97 Å². The average Bonchev–Trinajstić information content (AvgIpc) is 3.29. The monoisotopic (exact) mass is 686 g/mol. The number of halogens is 1. The van der Waals surface area contributed by atoms with Gasteiger partial charge < -0.3 is 38.4 Å². The van der Waals surface area contributed by atoms with E-state index in [0.717, 1.165) is 52.1 Å². The molecule has 0 radical (unpaired) electrons. The first-order valence-electron chi connectivity index (χ1n) is 15.4. The fraction of sp³-hybridized carbons (Fsp3) is 0.545. The molecule has 1 fully saturated rings. The van der Waals surface area contributed by atoms with Crippen molar-refractivity contribution in [1.82, 2.24) is 14.7 Å². The summed E-state index contributed by atoms with van der Waals surface area (Å²) in [6.07, 6.45) is 3.38. The number of carbonyl (C=O) groups is 2.